The number of aryl methyl sites for hydroxylation is 1. The molecule has 0 radical (unpaired) electrons. The molecule has 2 amide bonds. The van der Waals surface area contributed by atoms with Gasteiger partial charge in [-0.05, 0) is 48.9 Å². The molecule has 1 saturated heterocycles. The lowest BCUT2D eigenvalue weighted by Crippen LogP contribution is -2.49. The number of benzene rings is 2. The third kappa shape index (κ3) is 6.44. The van der Waals surface area contributed by atoms with Gasteiger partial charge in [0.05, 0.1) is 16.3 Å². The van der Waals surface area contributed by atoms with Crippen LogP contribution in [-0.2, 0) is 19.6 Å². The zero-order valence-electron chi connectivity index (χ0n) is 18.5. The number of ether oxygens (including phenoxy) is 1. The molecule has 2 aromatic rings. The SMILES string of the molecule is CC(=O)Nc1cc(C)c(S(=O)(=O)N2CCN(CCOc3ccc(Cl)cc3)CC2)cc1NC=O. The van der Waals surface area contributed by atoms with E-state index in [0.29, 0.717) is 62.0 Å². The molecule has 9 nitrogen and oxygen atoms in total. The molecule has 178 valence electrons. The number of amides is 2. The fourth-order valence-electron chi connectivity index (χ4n) is 3.60. The van der Waals surface area contributed by atoms with Crippen LogP contribution in [-0.4, -0.2) is 69.3 Å². The van der Waals surface area contributed by atoms with Crippen LogP contribution in [0.3, 0.4) is 0 Å². The molecule has 1 heterocycles. The van der Waals surface area contributed by atoms with E-state index < -0.39 is 10.0 Å². The van der Waals surface area contributed by atoms with E-state index in [-0.39, 0.29) is 16.5 Å². The van der Waals surface area contributed by atoms with Gasteiger partial charge in [0, 0.05) is 44.7 Å². The zero-order valence-corrected chi connectivity index (χ0v) is 20.1. The van der Waals surface area contributed by atoms with E-state index in [1.165, 1.54) is 17.3 Å². The maximum absolute atomic E-state index is 13.3. The van der Waals surface area contributed by atoms with E-state index in [4.69, 9.17) is 16.3 Å². The number of carbonyl (C=O) groups is 2. The second-order valence-electron chi connectivity index (χ2n) is 7.65. The van der Waals surface area contributed by atoms with Gasteiger partial charge in [0.2, 0.25) is 22.3 Å². The normalized spacial score (nSPS) is 15.1. The van der Waals surface area contributed by atoms with Crippen LogP contribution in [0.1, 0.15) is 12.5 Å². The first kappa shape index (κ1) is 25.0. The Hall–Kier alpha value is -2.66. The van der Waals surface area contributed by atoms with Gasteiger partial charge >= 0.3 is 0 Å². The molecule has 0 spiro atoms. The van der Waals surface area contributed by atoms with Crippen molar-refractivity contribution < 1.29 is 22.7 Å². The van der Waals surface area contributed by atoms with Gasteiger partial charge in [-0.3, -0.25) is 14.5 Å². The molecule has 0 saturated carbocycles. The highest BCUT2D eigenvalue weighted by molar-refractivity contribution is 7.89. The van der Waals surface area contributed by atoms with Crippen LogP contribution >= 0.6 is 11.6 Å². The summed E-state index contributed by atoms with van der Waals surface area (Å²) in [5.41, 5.74) is 1.05. The average Bonchev–Trinajstić information content (AvgIpc) is 2.77. The van der Waals surface area contributed by atoms with Crippen molar-refractivity contribution in [2.45, 2.75) is 18.7 Å². The predicted octanol–water partition coefficient (Wildman–Crippen LogP) is 2.56. The van der Waals surface area contributed by atoms with Crippen molar-refractivity contribution in [1.82, 2.24) is 9.21 Å². The minimum Gasteiger partial charge on any atom is -0.492 e. The summed E-state index contributed by atoms with van der Waals surface area (Å²) in [6.07, 6.45) is 0.442. The Kier molecular flexibility index (Phi) is 8.30. The highest BCUT2D eigenvalue weighted by Crippen LogP contribution is 2.31. The zero-order chi connectivity index (χ0) is 24.0. The summed E-state index contributed by atoms with van der Waals surface area (Å²) in [5, 5.41) is 5.71. The minimum absolute atomic E-state index is 0.0977. The van der Waals surface area contributed by atoms with E-state index in [9.17, 15) is 18.0 Å². The van der Waals surface area contributed by atoms with Gasteiger partial charge in [-0.15, -0.1) is 0 Å². The lowest BCUT2D eigenvalue weighted by Gasteiger charge is -2.34. The quantitative estimate of drug-likeness (QED) is 0.519. The van der Waals surface area contributed by atoms with Crippen LogP contribution in [0.5, 0.6) is 5.75 Å². The summed E-state index contributed by atoms with van der Waals surface area (Å²) in [6, 6.07) is 10.1. The number of hydrogen-bond acceptors (Lipinski definition) is 6. The van der Waals surface area contributed by atoms with E-state index >= 15 is 0 Å². The number of sulfonamides is 1. The number of nitrogens with zero attached hydrogens (tertiary/aromatic N) is 2. The molecule has 0 bridgehead atoms. The van der Waals surface area contributed by atoms with Crippen LogP contribution in [0.25, 0.3) is 0 Å². The first-order valence-electron chi connectivity index (χ1n) is 10.4. The van der Waals surface area contributed by atoms with Crippen molar-refractivity contribution in [3.63, 3.8) is 0 Å². The number of carbonyl (C=O) groups excluding carboxylic acids is 2. The largest absolute Gasteiger partial charge is 0.492 e. The van der Waals surface area contributed by atoms with Crippen LogP contribution in [0.2, 0.25) is 5.02 Å². The topological polar surface area (TPSA) is 108 Å². The molecule has 1 fully saturated rings. The Morgan fingerprint density at radius 2 is 1.79 bits per heavy atom. The Morgan fingerprint density at radius 3 is 2.39 bits per heavy atom. The molecule has 11 heteroatoms. The van der Waals surface area contributed by atoms with Gasteiger partial charge in [-0.1, -0.05) is 11.6 Å². The third-order valence-corrected chi connectivity index (χ3v) is 7.57. The van der Waals surface area contributed by atoms with Crippen molar-refractivity contribution >= 4 is 45.3 Å². The van der Waals surface area contributed by atoms with Crippen molar-refractivity contribution in [1.29, 1.82) is 0 Å². The summed E-state index contributed by atoms with van der Waals surface area (Å²) < 4.78 is 33.8. The fourth-order valence-corrected chi connectivity index (χ4v) is 5.38. The van der Waals surface area contributed by atoms with Gasteiger partial charge in [0.1, 0.15) is 12.4 Å². The first-order chi connectivity index (χ1) is 15.7. The molecule has 2 aromatic carbocycles. The molecule has 0 aliphatic carbocycles. The van der Waals surface area contributed by atoms with Crippen LogP contribution in [0.15, 0.2) is 41.3 Å². The Balaban J connectivity index is 1.63. The maximum atomic E-state index is 13.3. The molecular formula is C22H27ClN4O5S. The molecule has 33 heavy (non-hydrogen) atoms. The maximum Gasteiger partial charge on any atom is 0.243 e. The number of nitrogens with one attached hydrogen (secondary N) is 2. The van der Waals surface area contributed by atoms with Gasteiger partial charge in [0.25, 0.3) is 0 Å². The lowest BCUT2D eigenvalue weighted by atomic mass is 10.2. The highest BCUT2D eigenvalue weighted by atomic mass is 35.5. The molecule has 2 N–H and O–H groups in total. The number of rotatable bonds is 9. The fraction of sp³-hybridized carbons (Fsp3) is 0.364. The molecule has 0 unspecified atom stereocenters. The van der Waals surface area contributed by atoms with E-state index in [1.807, 2.05) is 0 Å². The average molecular weight is 495 g/mol. The molecule has 1 aliphatic heterocycles. The Bertz CT molecular complexity index is 1100. The van der Waals surface area contributed by atoms with E-state index in [0.717, 1.165) is 5.75 Å². The lowest BCUT2D eigenvalue weighted by molar-refractivity contribution is -0.114. The van der Waals surface area contributed by atoms with Gasteiger partial charge in [0.15, 0.2) is 0 Å². The Morgan fingerprint density at radius 1 is 1.12 bits per heavy atom. The smallest absolute Gasteiger partial charge is 0.243 e. The number of anilines is 2. The van der Waals surface area contributed by atoms with Crippen molar-refractivity contribution in [2.75, 3.05) is 50.0 Å². The van der Waals surface area contributed by atoms with Gasteiger partial charge in [-0.2, -0.15) is 4.31 Å². The second kappa shape index (κ2) is 11.0. The molecule has 1 aliphatic rings. The third-order valence-electron chi connectivity index (χ3n) is 5.28. The van der Waals surface area contributed by atoms with E-state index in [2.05, 4.69) is 15.5 Å². The van der Waals surface area contributed by atoms with Crippen LogP contribution in [0, 0.1) is 6.92 Å². The monoisotopic (exact) mass is 494 g/mol. The summed E-state index contributed by atoms with van der Waals surface area (Å²) in [5.74, 6) is 0.411. The number of piperazine rings is 1. The summed E-state index contributed by atoms with van der Waals surface area (Å²) in [4.78, 5) is 24.7. The predicted molar refractivity (Wildman–Crippen MR) is 127 cm³/mol. The Labute approximate surface area is 198 Å². The summed E-state index contributed by atoms with van der Waals surface area (Å²) in [7, 11) is -3.78. The van der Waals surface area contributed by atoms with Crippen molar-refractivity contribution in [2.24, 2.45) is 0 Å². The van der Waals surface area contributed by atoms with Crippen LogP contribution < -0.4 is 15.4 Å². The first-order valence-corrected chi connectivity index (χ1v) is 12.3. The molecule has 0 aromatic heterocycles. The van der Waals surface area contributed by atoms with Gasteiger partial charge < -0.3 is 15.4 Å². The molecule has 3 rings (SSSR count). The minimum atomic E-state index is -3.78. The number of hydrogen-bond donors (Lipinski definition) is 2. The van der Waals surface area contributed by atoms with Crippen molar-refractivity contribution in [3.8, 4) is 5.75 Å². The molecule has 0 atom stereocenters. The molecular weight excluding hydrogens is 468 g/mol. The number of halogens is 1. The van der Waals surface area contributed by atoms with Crippen LogP contribution in [0.4, 0.5) is 11.4 Å². The standard InChI is InChI=1S/C22H27ClN4O5S/c1-16-13-21(25-17(2)29)20(24-15-28)14-22(16)33(30,31)27-9-7-26(8-10-27)11-12-32-19-5-3-18(23)4-6-19/h3-6,13-15H,7-12H2,1-2H3,(H,24,28)(H,25,29). The summed E-state index contributed by atoms with van der Waals surface area (Å²) in [6.45, 7) is 5.99. The van der Waals surface area contributed by atoms with Gasteiger partial charge in [-0.25, -0.2) is 8.42 Å². The van der Waals surface area contributed by atoms with Crippen molar-refractivity contribution in [3.05, 3.63) is 47.0 Å². The van der Waals surface area contributed by atoms with E-state index in [1.54, 1.807) is 37.3 Å². The summed E-state index contributed by atoms with van der Waals surface area (Å²) >= 11 is 5.87. The second-order valence-corrected chi connectivity index (χ2v) is 10.00. The highest BCUT2D eigenvalue weighted by Gasteiger charge is 2.30.